The van der Waals surface area contributed by atoms with Crippen LogP contribution in [0.3, 0.4) is 0 Å². The first-order chi connectivity index (χ1) is 9.57. The molecule has 5 heteroatoms. The molecule has 0 saturated carbocycles. The second kappa shape index (κ2) is 4.90. The molecule has 0 radical (unpaired) electrons. The van der Waals surface area contributed by atoms with E-state index in [0.29, 0.717) is 6.42 Å². The van der Waals surface area contributed by atoms with E-state index in [1.165, 1.54) is 0 Å². The molecule has 0 bridgehead atoms. The lowest BCUT2D eigenvalue weighted by molar-refractivity contribution is -0.121. The van der Waals surface area contributed by atoms with Gasteiger partial charge in [0.2, 0.25) is 11.8 Å². The molecule has 1 fully saturated rings. The van der Waals surface area contributed by atoms with E-state index in [-0.39, 0.29) is 11.8 Å². The van der Waals surface area contributed by atoms with Crippen molar-refractivity contribution in [2.75, 3.05) is 17.2 Å². The zero-order valence-electron chi connectivity index (χ0n) is 11.6. The van der Waals surface area contributed by atoms with E-state index in [4.69, 9.17) is 0 Å². The molecule has 2 heterocycles. The summed E-state index contributed by atoms with van der Waals surface area (Å²) in [6.45, 7) is 2.83. The Morgan fingerprint density at radius 1 is 1.35 bits per heavy atom. The summed E-state index contributed by atoms with van der Waals surface area (Å²) in [5.74, 6) is 0.0618. The second-order valence-electron chi connectivity index (χ2n) is 5.74. The Bertz CT molecular complexity index is 562. The van der Waals surface area contributed by atoms with Gasteiger partial charge in [-0.3, -0.25) is 9.59 Å². The van der Waals surface area contributed by atoms with Crippen LogP contribution in [0.2, 0.25) is 0 Å². The predicted molar refractivity (Wildman–Crippen MR) is 77.7 cm³/mol. The number of amides is 2. The molecule has 0 aromatic heterocycles. The van der Waals surface area contributed by atoms with Crippen LogP contribution < -0.4 is 16.0 Å². The van der Waals surface area contributed by atoms with E-state index < -0.39 is 5.54 Å². The molecule has 3 N–H and O–H groups in total. The Balaban J connectivity index is 1.75. The summed E-state index contributed by atoms with van der Waals surface area (Å²) in [6.07, 6.45) is 3.12. The lowest BCUT2D eigenvalue weighted by atomic mass is 9.98. The first kappa shape index (κ1) is 13.1. The van der Waals surface area contributed by atoms with Gasteiger partial charge >= 0.3 is 0 Å². The largest absolute Gasteiger partial charge is 0.326 e. The maximum absolute atomic E-state index is 12.3. The maximum Gasteiger partial charge on any atom is 0.244 e. The lowest BCUT2D eigenvalue weighted by Crippen LogP contribution is -2.47. The summed E-state index contributed by atoms with van der Waals surface area (Å²) in [5, 5.41) is 9.06. The van der Waals surface area contributed by atoms with Gasteiger partial charge in [0.25, 0.3) is 0 Å². The third-order valence-corrected chi connectivity index (χ3v) is 4.13. The Hall–Kier alpha value is -1.88. The topological polar surface area (TPSA) is 70.2 Å². The van der Waals surface area contributed by atoms with E-state index in [9.17, 15) is 9.59 Å². The van der Waals surface area contributed by atoms with Crippen LogP contribution >= 0.6 is 0 Å². The van der Waals surface area contributed by atoms with Crippen molar-refractivity contribution in [2.24, 2.45) is 0 Å². The van der Waals surface area contributed by atoms with Crippen LogP contribution in [0.5, 0.6) is 0 Å². The molecule has 2 aliphatic heterocycles. The minimum Gasteiger partial charge on any atom is -0.326 e. The quantitative estimate of drug-likeness (QED) is 0.767. The first-order valence-corrected chi connectivity index (χ1v) is 7.06. The number of benzene rings is 1. The Kier molecular flexibility index (Phi) is 3.22. The highest BCUT2D eigenvalue weighted by molar-refractivity contribution is 5.99. The van der Waals surface area contributed by atoms with Crippen molar-refractivity contribution >= 4 is 23.2 Å². The van der Waals surface area contributed by atoms with E-state index >= 15 is 0 Å². The molecule has 0 spiro atoms. The molecular weight excluding hydrogens is 254 g/mol. The highest BCUT2D eigenvalue weighted by Crippen LogP contribution is 2.27. The predicted octanol–water partition coefficient (Wildman–Crippen LogP) is 1.65. The molecule has 2 amide bonds. The van der Waals surface area contributed by atoms with Gasteiger partial charge in [0.15, 0.2) is 0 Å². The highest BCUT2D eigenvalue weighted by Gasteiger charge is 2.35. The van der Waals surface area contributed by atoms with Crippen LogP contribution in [0.1, 0.15) is 31.7 Å². The van der Waals surface area contributed by atoms with Crippen molar-refractivity contribution in [3.05, 3.63) is 23.8 Å². The molecule has 1 saturated heterocycles. The first-order valence-electron chi connectivity index (χ1n) is 7.06. The van der Waals surface area contributed by atoms with Gasteiger partial charge in [-0.05, 0) is 56.5 Å². The van der Waals surface area contributed by atoms with E-state index in [1.807, 2.05) is 25.1 Å². The number of hydrogen-bond donors (Lipinski definition) is 3. The minimum atomic E-state index is -0.468. The monoisotopic (exact) mass is 273 g/mol. The van der Waals surface area contributed by atoms with E-state index in [0.717, 1.165) is 42.7 Å². The number of fused-ring (bicyclic) bond motifs is 1. The van der Waals surface area contributed by atoms with Crippen molar-refractivity contribution in [1.29, 1.82) is 0 Å². The fourth-order valence-electron chi connectivity index (χ4n) is 2.82. The van der Waals surface area contributed by atoms with Gasteiger partial charge in [0.1, 0.15) is 0 Å². The summed E-state index contributed by atoms with van der Waals surface area (Å²) in [4.78, 5) is 23.6. The fourth-order valence-corrected chi connectivity index (χ4v) is 2.82. The standard InChI is InChI=1S/C15H19N3O2/c1-15(7-2-8-16-15)14(20)17-11-4-5-12-10(9-11)3-6-13(19)18-12/h4-5,9,16H,2-3,6-8H2,1H3,(H,17,20)(H,18,19). The van der Waals surface area contributed by atoms with Crippen molar-refractivity contribution < 1.29 is 9.59 Å². The number of rotatable bonds is 2. The SMILES string of the molecule is CC1(C(=O)Nc2ccc3c(c2)CCC(=O)N3)CCCN1. The van der Waals surface area contributed by atoms with Crippen LogP contribution in [-0.4, -0.2) is 23.9 Å². The zero-order chi connectivity index (χ0) is 14.2. The Morgan fingerprint density at radius 3 is 2.95 bits per heavy atom. The summed E-state index contributed by atoms with van der Waals surface area (Å²) in [5.41, 5.74) is 2.25. The van der Waals surface area contributed by atoms with E-state index in [2.05, 4.69) is 16.0 Å². The highest BCUT2D eigenvalue weighted by atomic mass is 16.2. The maximum atomic E-state index is 12.3. The molecule has 106 valence electrons. The van der Waals surface area contributed by atoms with Gasteiger partial charge in [-0.1, -0.05) is 0 Å². The van der Waals surface area contributed by atoms with Crippen LogP contribution in [0.15, 0.2) is 18.2 Å². The minimum absolute atomic E-state index is 0.00907. The van der Waals surface area contributed by atoms with Crippen molar-refractivity contribution in [1.82, 2.24) is 5.32 Å². The van der Waals surface area contributed by atoms with Gasteiger partial charge < -0.3 is 16.0 Å². The Labute approximate surface area is 118 Å². The molecule has 5 nitrogen and oxygen atoms in total. The van der Waals surface area contributed by atoms with Gasteiger partial charge in [0.05, 0.1) is 5.54 Å². The summed E-state index contributed by atoms with van der Waals surface area (Å²) in [7, 11) is 0. The van der Waals surface area contributed by atoms with Crippen molar-refractivity contribution in [3.8, 4) is 0 Å². The van der Waals surface area contributed by atoms with Crippen LogP contribution in [0.25, 0.3) is 0 Å². The molecule has 1 unspecified atom stereocenters. The molecule has 3 rings (SSSR count). The van der Waals surface area contributed by atoms with Crippen LogP contribution in [-0.2, 0) is 16.0 Å². The lowest BCUT2D eigenvalue weighted by Gasteiger charge is -2.24. The number of carbonyl (C=O) groups excluding carboxylic acids is 2. The second-order valence-corrected chi connectivity index (χ2v) is 5.74. The molecular formula is C15H19N3O2. The molecule has 1 aromatic rings. The average molecular weight is 273 g/mol. The Morgan fingerprint density at radius 2 is 2.20 bits per heavy atom. The van der Waals surface area contributed by atoms with E-state index in [1.54, 1.807) is 0 Å². The number of hydrogen-bond acceptors (Lipinski definition) is 3. The van der Waals surface area contributed by atoms with Gasteiger partial charge in [-0.2, -0.15) is 0 Å². The normalized spacial score (nSPS) is 24.9. The third-order valence-electron chi connectivity index (χ3n) is 4.13. The van der Waals surface area contributed by atoms with Gasteiger partial charge in [-0.15, -0.1) is 0 Å². The number of nitrogens with one attached hydrogen (secondary N) is 3. The van der Waals surface area contributed by atoms with Crippen molar-refractivity contribution in [2.45, 2.75) is 38.1 Å². The summed E-state index contributed by atoms with van der Waals surface area (Å²) >= 11 is 0. The summed E-state index contributed by atoms with van der Waals surface area (Å²) < 4.78 is 0. The van der Waals surface area contributed by atoms with Crippen LogP contribution in [0, 0.1) is 0 Å². The summed E-state index contributed by atoms with van der Waals surface area (Å²) in [6, 6.07) is 5.64. The molecule has 1 aromatic carbocycles. The fraction of sp³-hybridized carbons (Fsp3) is 0.467. The average Bonchev–Trinajstić information content (AvgIpc) is 2.87. The molecule has 0 aliphatic carbocycles. The van der Waals surface area contributed by atoms with Crippen molar-refractivity contribution in [3.63, 3.8) is 0 Å². The van der Waals surface area contributed by atoms with Crippen LogP contribution in [0.4, 0.5) is 11.4 Å². The molecule has 2 aliphatic rings. The number of carbonyl (C=O) groups is 2. The van der Waals surface area contributed by atoms with Gasteiger partial charge in [-0.25, -0.2) is 0 Å². The zero-order valence-corrected chi connectivity index (χ0v) is 11.6. The molecule has 20 heavy (non-hydrogen) atoms. The molecule has 1 atom stereocenters. The number of aryl methyl sites for hydroxylation is 1. The van der Waals surface area contributed by atoms with Gasteiger partial charge in [0, 0.05) is 17.8 Å². The third kappa shape index (κ3) is 2.41. The number of anilines is 2. The smallest absolute Gasteiger partial charge is 0.244 e.